The van der Waals surface area contributed by atoms with E-state index < -0.39 is 5.91 Å². The van der Waals surface area contributed by atoms with Crippen LogP contribution in [0, 0.1) is 6.92 Å². The van der Waals surface area contributed by atoms with Gasteiger partial charge in [0.15, 0.2) is 5.96 Å². The van der Waals surface area contributed by atoms with E-state index in [0.717, 1.165) is 5.56 Å². The van der Waals surface area contributed by atoms with Gasteiger partial charge in [0, 0.05) is 5.56 Å². The first kappa shape index (κ1) is 9.25. The molecule has 0 aliphatic carbocycles. The molecule has 4 heteroatoms. The minimum atomic E-state index is -0.405. The van der Waals surface area contributed by atoms with Gasteiger partial charge in [-0.05, 0) is 18.6 Å². The Balaban J connectivity index is 3.03. The number of rotatable bonds is 1. The van der Waals surface area contributed by atoms with Gasteiger partial charge in [-0.3, -0.25) is 4.79 Å². The Hall–Kier alpha value is -1.84. The first-order chi connectivity index (χ1) is 6.11. The van der Waals surface area contributed by atoms with Crippen LogP contribution in [0.4, 0.5) is 0 Å². The zero-order valence-electron chi connectivity index (χ0n) is 7.32. The van der Waals surface area contributed by atoms with Gasteiger partial charge in [0.1, 0.15) is 0 Å². The summed E-state index contributed by atoms with van der Waals surface area (Å²) in [5.74, 6) is -0.619. The number of hydrogen-bond donors (Lipinski definition) is 2. The first-order valence-corrected chi connectivity index (χ1v) is 3.81. The van der Waals surface area contributed by atoms with E-state index >= 15 is 0 Å². The fourth-order valence-electron chi connectivity index (χ4n) is 0.990. The summed E-state index contributed by atoms with van der Waals surface area (Å²) in [5.41, 5.74) is 11.6. The second kappa shape index (κ2) is 3.71. The monoisotopic (exact) mass is 177 g/mol. The molecular formula is C9H11N3O. The van der Waals surface area contributed by atoms with Crippen molar-refractivity contribution in [3.63, 3.8) is 0 Å². The summed E-state index contributed by atoms with van der Waals surface area (Å²) in [6, 6.07) is 7.13. The molecule has 1 aromatic rings. The number of benzene rings is 1. The summed E-state index contributed by atoms with van der Waals surface area (Å²) >= 11 is 0. The van der Waals surface area contributed by atoms with Crippen LogP contribution in [0.5, 0.6) is 0 Å². The van der Waals surface area contributed by atoms with Gasteiger partial charge in [0.2, 0.25) is 0 Å². The minimum Gasteiger partial charge on any atom is -0.370 e. The molecule has 1 aromatic carbocycles. The van der Waals surface area contributed by atoms with Gasteiger partial charge in [-0.15, -0.1) is 0 Å². The second-order valence-electron chi connectivity index (χ2n) is 2.66. The standard InChI is InChI=1S/C9H11N3O/c1-6-4-2-3-5-7(6)8(13)12-9(10)11/h2-5H,1H3,(H4,10,11,12,13). The fourth-order valence-corrected chi connectivity index (χ4v) is 0.990. The number of aliphatic imine (C=N–C) groups is 1. The summed E-state index contributed by atoms with van der Waals surface area (Å²) in [6.07, 6.45) is 0. The number of nitrogens with zero attached hydrogens (tertiary/aromatic N) is 1. The van der Waals surface area contributed by atoms with Gasteiger partial charge >= 0.3 is 0 Å². The van der Waals surface area contributed by atoms with Gasteiger partial charge in [-0.2, -0.15) is 4.99 Å². The highest BCUT2D eigenvalue weighted by atomic mass is 16.1. The van der Waals surface area contributed by atoms with Crippen molar-refractivity contribution in [2.24, 2.45) is 16.5 Å². The molecule has 1 amide bonds. The Morgan fingerprint density at radius 3 is 2.46 bits per heavy atom. The maximum Gasteiger partial charge on any atom is 0.280 e. The third-order valence-electron chi connectivity index (χ3n) is 1.61. The van der Waals surface area contributed by atoms with Crippen molar-refractivity contribution in [1.82, 2.24) is 0 Å². The predicted molar refractivity (Wildman–Crippen MR) is 51.3 cm³/mol. The van der Waals surface area contributed by atoms with Gasteiger partial charge in [0.25, 0.3) is 5.91 Å². The Bertz CT molecular complexity index is 354. The zero-order valence-corrected chi connectivity index (χ0v) is 7.32. The van der Waals surface area contributed by atoms with Crippen LogP contribution in [0.3, 0.4) is 0 Å². The molecule has 0 aliphatic heterocycles. The average molecular weight is 177 g/mol. The van der Waals surface area contributed by atoms with Crippen LogP contribution in [0.25, 0.3) is 0 Å². The van der Waals surface area contributed by atoms with E-state index in [1.807, 2.05) is 19.1 Å². The van der Waals surface area contributed by atoms with E-state index in [1.165, 1.54) is 0 Å². The summed E-state index contributed by atoms with van der Waals surface area (Å²) in [4.78, 5) is 14.8. The third kappa shape index (κ3) is 2.30. The number of carbonyl (C=O) groups excluding carboxylic acids is 1. The van der Waals surface area contributed by atoms with Gasteiger partial charge in [-0.1, -0.05) is 18.2 Å². The lowest BCUT2D eigenvalue weighted by molar-refractivity contribution is 0.100. The van der Waals surface area contributed by atoms with Crippen LogP contribution < -0.4 is 11.5 Å². The smallest absolute Gasteiger partial charge is 0.280 e. The third-order valence-corrected chi connectivity index (χ3v) is 1.61. The number of hydrogen-bond acceptors (Lipinski definition) is 1. The number of carbonyl (C=O) groups is 1. The van der Waals surface area contributed by atoms with E-state index in [0.29, 0.717) is 5.56 Å². The van der Waals surface area contributed by atoms with E-state index in [9.17, 15) is 4.79 Å². The molecule has 0 bridgehead atoms. The summed E-state index contributed by atoms with van der Waals surface area (Å²) in [6.45, 7) is 1.83. The molecule has 68 valence electrons. The van der Waals surface area contributed by atoms with Crippen LogP contribution in [0.1, 0.15) is 15.9 Å². The number of amides is 1. The molecule has 4 nitrogen and oxygen atoms in total. The lowest BCUT2D eigenvalue weighted by atomic mass is 10.1. The Morgan fingerprint density at radius 1 is 1.31 bits per heavy atom. The van der Waals surface area contributed by atoms with Crippen molar-refractivity contribution in [2.75, 3.05) is 0 Å². The van der Waals surface area contributed by atoms with Crippen molar-refractivity contribution >= 4 is 11.9 Å². The lowest BCUT2D eigenvalue weighted by Crippen LogP contribution is -2.24. The van der Waals surface area contributed by atoms with Crippen LogP contribution in [-0.4, -0.2) is 11.9 Å². The fraction of sp³-hybridized carbons (Fsp3) is 0.111. The second-order valence-corrected chi connectivity index (χ2v) is 2.66. The normalized spacial score (nSPS) is 9.31. The van der Waals surface area contributed by atoms with Crippen LogP contribution in [0.15, 0.2) is 29.3 Å². The van der Waals surface area contributed by atoms with E-state index in [4.69, 9.17) is 11.5 Å². The summed E-state index contributed by atoms with van der Waals surface area (Å²) < 4.78 is 0. The number of nitrogens with two attached hydrogens (primary N) is 2. The SMILES string of the molecule is Cc1ccccc1C(=O)N=C(N)N. The molecule has 0 unspecified atom stereocenters. The van der Waals surface area contributed by atoms with Crippen LogP contribution in [-0.2, 0) is 0 Å². The van der Waals surface area contributed by atoms with E-state index in [2.05, 4.69) is 4.99 Å². The molecular weight excluding hydrogens is 166 g/mol. The van der Waals surface area contributed by atoms with Crippen molar-refractivity contribution in [2.45, 2.75) is 6.92 Å². The highest BCUT2D eigenvalue weighted by molar-refractivity contribution is 6.02. The summed E-state index contributed by atoms with van der Waals surface area (Å²) in [5, 5.41) is 0. The predicted octanol–water partition coefficient (Wildman–Crippen LogP) is 0.409. The minimum absolute atomic E-state index is 0.215. The molecule has 13 heavy (non-hydrogen) atoms. The highest BCUT2D eigenvalue weighted by Gasteiger charge is 2.05. The van der Waals surface area contributed by atoms with E-state index in [-0.39, 0.29) is 5.96 Å². The van der Waals surface area contributed by atoms with Crippen molar-refractivity contribution in [3.05, 3.63) is 35.4 Å². The molecule has 0 heterocycles. The van der Waals surface area contributed by atoms with E-state index in [1.54, 1.807) is 12.1 Å². The Morgan fingerprint density at radius 2 is 1.92 bits per heavy atom. The molecule has 4 N–H and O–H groups in total. The van der Waals surface area contributed by atoms with Gasteiger partial charge in [0.05, 0.1) is 0 Å². The maximum atomic E-state index is 11.3. The number of aryl methyl sites for hydroxylation is 1. The molecule has 0 saturated heterocycles. The molecule has 0 spiro atoms. The molecule has 0 atom stereocenters. The Labute approximate surface area is 76.3 Å². The van der Waals surface area contributed by atoms with Gasteiger partial charge < -0.3 is 11.5 Å². The molecule has 0 aliphatic rings. The topological polar surface area (TPSA) is 81.5 Å². The average Bonchev–Trinajstić information content (AvgIpc) is 2.03. The maximum absolute atomic E-state index is 11.3. The number of guanidine groups is 1. The Kier molecular flexibility index (Phi) is 2.64. The van der Waals surface area contributed by atoms with Crippen molar-refractivity contribution in [1.29, 1.82) is 0 Å². The quantitative estimate of drug-likeness (QED) is 0.481. The molecule has 0 radical (unpaired) electrons. The largest absolute Gasteiger partial charge is 0.370 e. The van der Waals surface area contributed by atoms with Crippen molar-refractivity contribution < 1.29 is 4.79 Å². The molecule has 1 rings (SSSR count). The molecule has 0 aromatic heterocycles. The van der Waals surface area contributed by atoms with Crippen LogP contribution >= 0.6 is 0 Å². The van der Waals surface area contributed by atoms with Crippen LogP contribution in [0.2, 0.25) is 0 Å². The highest BCUT2D eigenvalue weighted by Crippen LogP contribution is 2.07. The lowest BCUT2D eigenvalue weighted by Gasteiger charge is -1.99. The zero-order chi connectivity index (χ0) is 9.84. The summed E-state index contributed by atoms with van der Waals surface area (Å²) in [7, 11) is 0. The molecule has 0 saturated carbocycles. The first-order valence-electron chi connectivity index (χ1n) is 3.81. The molecule has 0 fully saturated rings. The van der Waals surface area contributed by atoms with Crippen molar-refractivity contribution in [3.8, 4) is 0 Å². The van der Waals surface area contributed by atoms with Gasteiger partial charge in [-0.25, -0.2) is 0 Å².